The second-order valence-corrected chi connectivity index (χ2v) is 4.96. The molecule has 0 amide bonds. The minimum absolute atomic E-state index is 0.611. The van der Waals surface area contributed by atoms with Crippen LogP contribution in [-0.2, 0) is 11.3 Å². The summed E-state index contributed by atoms with van der Waals surface area (Å²) in [5.41, 5.74) is 2.24. The van der Waals surface area contributed by atoms with Crippen molar-refractivity contribution in [2.75, 3.05) is 13.2 Å². The number of hydrogen-bond donors (Lipinski definition) is 1. The Labute approximate surface area is 108 Å². The van der Waals surface area contributed by atoms with Gasteiger partial charge in [0.25, 0.3) is 0 Å². The summed E-state index contributed by atoms with van der Waals surface area (Å²) < 4.78 is 5.59. The number of hydrogen-bond acceptors (Lipinski definition) is 2. The molecule has 17 heavy (non-hydrogen) atoms. The van der Waals surface area contributed by atoms with Crippen LogP contribution in [0.2, 0.25) is 5.02 Å². The van der Waals surface area contributed by atoms with Crippen molar-refractivity contribution >= 4 is 11.6 Å². The molecule has 0 atom stereocenters. The molecule has 1 aromatic rings. The molecule has 0 aromatic heterocycles. The Bertz CT molecular complexity index is 370. The Balaban J connectivity index is 1.61. The molecule has 1 fully saturated rings. The fraction of sp³-hybridized carbons (Fsp3) is 0.429. The molecule has 92 valence electrons. The number of ether oxygens (including phenoxy) is 1. The van der Waals surface area contributed by atoms with Crippen LogP contribution in [0.4, 0.5) is 0 Å². The van der Waals surface area contributed by atoms with E-state index in [4.69, 9.17) is 16.3 Å². The number of halogens is 1. The summed E-state index contributed by atoms with van der Waals surface area (Å²) in [7, 11) is 0. The van der Waals surface area contributed by atoms with Gasteiger partial charge in [-0.2, -0.15) is 0 Å². The first-order valence-corrected chi connectivity index (χ1v) is 6.34. The van der Waals surface area contributed by atoms with E-state index in [0.29, 0.717) is 13.2 Å². The third-order valence-electron chi connectivity index (χ3n) is 2.71. The van der Waals surface area contributed by atoms with Crippen LogP contribution in [0.25, 0.3) is 0 Å². The summed E-state index contributed by atoms with van der Waals surface area (Å²) in [5, 5.41) is 4.17. The number of nitrogens with one attached hydrogen (secondary N) is 1. The predicted octanol–water partition coefficient (Wildman–Crippen LogP) is 3.16. The zero-order valence-corrected chi connectivity index (χ0v) is 10.7. The first kappa shape index (κ1) is 12.6. The molecule has 2 rings (SSSR count). The van der Waals surface area contributed by atoms with Gasteiger partial charge in [-0.05, 0) is 36.1 Å². The van der Waals surface area contributed by atoms with Crippen LogP contribution in [-0.4, -0.2) is 19.2 Å². The van der Waals surface area contributed by atoms with E-state index >= 15 is 0 Å². The van der Waals surface area contributed by atoms with Crippen molar-refractivity contribution in [3.05, 3.63) is 47.0 Å². The van der Waals surface area contributed by atoms with E-state index in [-0.39, 0.29) is 0 Å². The van der Waals surface area contributed by atoms with Gasteiger partial charge in [-0.1, -0.05) is 30.3 Å². The van der Waals surface area contributed by atoms with Gasteiger partial charge in [0, 0.05) is 17.6 Å². The van der Waals surface area contributed by atoms with Crippen LogP contribution in [0.1, 0.15) is 18.4 Å². The van der Waals surface area contributed by atoms with Gasteiger partial charge in [0.2, 0.25) is 0 Å². The SMILES string of the molecule is C=C(CNC1CC1)COCc1ccc(Cl)cc1. The molecule has 0 spiro atoms. The molecular weight excluding hydrogens is 234 g/mol. The molecule has 1 saturated carbocycles. The summed E-state index contributed by atoms with van der Waals surface area (Å²) in [6.45, 7) is 6.08. The average Bonchev–Trinajstić information content (AvgIpc) is 3.13. The van der Waals surface area contributed by atoms with Crippen LogP contribution in [0.3, 0.4) is 0 Å². The lowest BCUT2D eigenvalue weighted by Crippen LogP contribution is -2.20. The maximum absolute atomic E-state index is 5.81. The summed E-state index contributed by atoms with van der Waals surface area (Å²) in [4.78, 5) is 0. The van der Waals surface area contributed by atoms with Crippen molar-refractivity contribution in [2.24, 2.45) is 0 Å². The summed E-state index contributed by atoms with van der Waals surface area (Å²) in [5.74, 6) is 0. The van der Waals surface area contributed by atoms with Crippen molar-refractivity contribution in [3.8, 4) is 0 Å². The van der Waals surface area contributed by atoms with Crippen molar-refractivity contribution in [3.63, 3.8) is 0 Å². The minimum atomic E-state index is 0.611. The zero-order valence-electron chi connectivity index (χ0n) is 9.92. The van der Waals surface area contributed by atoms with Gasteiger partial charge in [-0.25, -0.2) is 0 Å². The maximum Gasteiger partial charge on any atom is 0.0721 e. The second kappa shape index (κ2) is 6.20. The predicted molar refractivity (Wildman–Crippen MR) is 71.3 cm³/mol. The topological polar surface area (TPSA) is 21.3 Å². The van der Waals surface area contributed by atoms with Crippen molar-refractivity contribution in [2.45, 2.75) is 25.5 Å². The Morgan fingerprint density at radius 2 is 2.06 bits per heavy atom. The lowest BCUT2D eigenvalue weighted by Gasteiger charge is -2.08. The molecule has 1 aliphatic carbocycles. The lowest BCUT2D eigenvalue weighted by atomic mass is 10.2. The third-order valence-corrected chi connectivity index (χ3v) is 2.96. The highest BCUT2D eigenvalue weighted by Crippen LogP contribution is 2.18. The summed E-state index contributed by atoms with van der Waals surface area (Å²) >= 11 is 5.81. The molecule has 0 aliphatic heterocycles. The van der Waals surface area contributed by atoms with E-state index in [0.717, 1.165) is 28.7 Å². The van der Waals surface area contributed by atoms with Crippen LogP contribution < -0.4 is 5.32 Å². The standard InChI is InChI=1S/C14H18ClNO/c1-11(8-16-14-6-7-14)9-17-10-12-2-4-13(15)5-3-12/h2-5,14,16H,1,6-10H2. The molecule has 1 aromatic carbocycles. The minimum Gasteiger partial charge on any atom is -0.372 e. The van der Waals surface area contributed by atoms with Crippen LogP contribution >= 0.6 is 11.6 Å². The van der Waals surface area contributed by atoms with Crippen LogP contribution in [0.15, 0.2) is 36.4 Å². The van der Waals surface area contributed by atoms with Crippen molar-refractivity contribution < 1.29 is 4.74 Å². The fourth-order valence-electron chi connectivity index (χ4n) is 1.52. The Morgan fingerprint density at radius 3 is 2.71 bits per heavy atom. The number of benzene rings is 1. The van der Waals surface area contributed by atoms with E-state index < -0.39 is 0 Å². The van der Waals surface area contributed by atoms with E-state index in [1.54, 1.807) is 0 Å². The Morgan fingerprint density at radius 1 is 1.35 bits per heavy atom. The molecule has 1 aliphatic rings. The third kappa shape index (κ3) is 4.90. The maximum atomic E-state index is 5.81. The monoisotopic (exact) mass is 251 g/mol. The van der Waals surface area contributed by atoms with Gasteiger partial charge >= 0.3 is 0 Å². The average molecular weight is 252 g/mol. The molecule has 1 N–H and O–H groups in total. The molecular formula is C14H18ClNO. The molecule has 0 bridgehead atoms. The summed E-state index contributed by atoms with van der Waals surface area (Å²) in [6.07, 6.45) is 2.61. The second-order valence-electron chi connectivity index (χ2n) is 4.52. The molecule has 0 unspecified atom stereocenters. The molecule has 3 heteroatoms. The van der Waals surface area contributed by atoms with Crippen molar-refractivity contribution in [1.82, 2.24) is 5.32 Å². The normalized spacial score (nSPS) is 14.9. The molecule has 0 saturated heterocycles. The quantitative estimate of drug-likeness (QED) is 0.752. The van der Waals surface area contributed by atoms with E-state index in [1.807, 2.05) is 24.3 Å². The largest absolute Gasteiger partial charge is 0.372 e. The first-order chi connectivity index (χ1) is 8.24. The van der Waals surface area contributed by atoms with Crippen LogP contribution in [0.5, 0.6) is 0 Å². The molecule has 2 nitrogen and oxygen atoms in total. The van der Waals surface area contributed by atoms with Crippen LogP contribution in [0, 0.1) is 0 Å². The summed E-state index contributed by atoms with van der Waals surface area (Å²) in [6, 6.07) is 8.44. The van der Waals surface area contributed by atoms with E-state index in [9.17, 15) is 0 Å². The first-order valence-electron chi connectivity index (χ1n) is 5.96. The van der Waals surface area contributed by atoms with Gasteiger partial charge in [-0.3, -0.25) is 0 Å². The molecule has 0 heterocycles. The number of rotatable bonds is 7. The Hall–Kier alpha value is -0.830. The van der Waals surface area contributed by atoms with Crippen molar-refractivity contribution in [1.29, 1.82) is 0 Å². The van der Waals surface area contributed by atoms with Gasteiger partial charge in [-0.15, -0.1) is 0 Å². The fourth-order valence-corrected chi connectivity index (χ4v) is 1.65. The highest BCUT2D eigenvalue weighted by atomic mass is 35.5. The zero-order chi connectivity index (χ0) is 12.1. The molecule has 0 radical (unpaired) electrons. The smallest absolute Gasteiger partial charge is 0.0721 e. The van der Waals surface area contributed by atoms with E-state index in [2.05, 4.69) is 11.9 Å². The highest BCUT2D eigenvalue weighted by molar-refractivity contribution is 6.30. The van der Waals surface area contributed by atoms with Gasteiger partial charge < -0.3 is 10.1 Å². The van der Waals surface area contributed by atoms with Gasteiger partial charge in [0.1, 0.15) is 0 Å². The lowest BCUT2D eigenvalue weighted by molar-refractivity contribution is 0.141. The van der Waals surface area contributed by atoms with E-state index in [1.165, 1.54) is 12.8 Å². The highest BCUT2D eigenvalue weighted by Gasteiger charge is 2.19. The van der Waals surface area contributed by atoms with Gasteiger partial charge in [0.05, 0.1) is 13.2 Å². The van der Waals surface area contributed by atoms with Gasteiger partial charge in [0.15, 0.2) is 0 Å². The Kier molecular flexibility index (Phi) is 4.60.